The van der Waals surface area contributed by atoms with E-state index in [4.69, 9.17) is 4.42 Å². The van der Waals surface area contributed by atoms with Crippen LogP contribution in [-0.4, -0.2) is 8.42 Å². The Hall–Kier alpha value is -1.55. The van der Waals surface area contributed by atoms with Gasteiger partial charge in [-0.25, -0.2) is 8.42 Å². The van der Waals surface area contributed by atoms with Crippen LogP contribution in [0.5, 0.6) is 0 Å². The van der Waals surface area contributed by atoms with E-state index in [0.29, 0.717) is 5.76 Å². The lowest BCUT2D eigenvalue weighted by Crippen LogP contribution is -2.00. The molecule has 2 rings (SSSR count). The van der Waals surface area contributed by atoms with Crippen molar-refractivity contribution < 1.29 is 12.8 Å². The lowest BCUT2D eigenvalue weighted by Gasteiger charge is -2.01. The average Bonchev–Trinajstić information content (AvgIpc) is 2.66. The first kappa shape index (κ1) is 11.0. The van der Waals surface area contributed by atoms with Crippen molar-refractivity contribution in [3.8, 4) is 0 Å². The van der Waals surface area contributed by atoms with E-state index in [1.807, 2.05) is 6.92 Å². The molecule has 84 valence electrons. The maximum Gasteiger partial charge on any atom is 0.239 e. The molecule has 0 saturated carbocycles. The first-order valence-electron chi connectivity index (χ1n) is 4.88. The summed E-state index contributed by atoms with van der Waals surface area (Å²) >= 11 is 0. The highest BCUT2D eigenvalue weighted by molar-refractivity contribution is 7.91. The summed E-state index contributed by atoms with van der Waals surface area (Å²) in [4.78, 5) is 0.257. The van der Waals surface area contributed by atoms with Gasteiger partial charge in [0.15, 0.2) is 0 Å². The summed E-state index contributed by atoms with van der Waals surface area (Å²) in [5, 5.41) is -0.00569. The summed E-state index contributed by atoms with van der Waals surface area (Å²) in [6.45, 7) is 3.63. The second-order valence-electron chi connectivity index (χ2n) is 3.68. The largest absolute Gasteiger partial charge is 0.450 e. The van der Waals surface area contributed by atoms with Crippen LogP contribution < -0.4 is 0 Å². The molecule has 0 spiro atoms. The van der Waals surface area contributed by atoms with Crippen molar-refractivity contribution in [3.63, 3.8) is 0 Å². The third-order valence-corrected chi connectivity index (χ3v) is 3.95. The van der Waals surface area contributed by atoms with Crippen LogP contribution in [0.15, 0.2) is 50.8 Å². The Morgan fingerprint density at radius 3 is 2.06 bits per heavy atom. The maximum absolute atomic E-state index is 12.1. The van der Waals surface area contributed by atoms with Gasteiger partial charge in [0.2, 0.25) is 14.9 Å². The number of hydrogen-bond donors (Lipinski definition) is 0. The highest BCUT2D eigenvalue weighted by Gasteiger charge is 2.20. The van der Waals surface area contributed by atoms with E-state index in [0.717, 1.165) is 5.56 Å². The molecule has 0 aliphatic heterocycles. The van der Waals surface area contributed by atoms with Gasteiger partial charge in [0.25, 0.3) is 0 Å². The zero-order chi connectivity index (χ0) is 11.8. The van der Waals surface area contributed by atoms with Crippen molar-refractivity contribution in [2.24, 2.45) is 0 Å². The fourth-order valence-electron chi connectivity index (χ4n) is 1.39. The second-order valence-corrected chi connectivity index (χ2v) is 5.56. The molecule has 0 atom stereocenters. The summed E-state index contributed by atoms with van der Waals surface area (Å²) in [5.41, 5.74) is 1.02. The topological polar surface area (TPSA) is 47.3 Å². The minimum atomic E-state index is -3.50. The Balaban J connectivity index is 2.51. The third-order valence-electron chi connectivity index (χ3n) is 2.31. The van der Waals surface area contributed by atoms with Gasteiger partial charge < -0.3 is 4.42 Å². The molecule has 1 aromatic carbocycles. The van der Waals surface area contributed by atoms with E-state index < -0.39 is 9.84 Å². The highest BCUT2D eigenvalue weighted by Crippen LogP contribution is 2.22. The fourth-order valence-corrected chi connectivity index (χ4v) is 2.61. The summed E-state index contributed by atoms with van der Waals surface area (Å²) in [6, 6.07) is 9.82. The van der Waals surface area contributed by atoms with Crippen molar-refractivity contribution in [1.82, 2.24) is 0 Å². The van der Waals surface area contributed by atoms with Crippen molar-refractivity contribution >= 4 is 9.84 Å². The first-order valence-corrected chi connectivity index (χ1v) is 6.37. The molecular formula is C12H12O3S. The summed E-state index contributed by atoms with van der Waals surface area (Å²) in [5.74, 6) is 0.589. The smallest absolute Gasteiger partial charge is 0.239 e. The molecule has 0 bridgehead atoms. The van der Waals surface area contributed by atoms with Crippen LogP contribution in [0.25, 0.3) is 0 Å². The Labute approximate surface area is 94.6 Å². The van der Waals surface area contributed by atoms with Gasteiger partial charge in [0.05, 0.1) is 4.90 Å². The summed E-state index contributed by atoms with van der Waals surface area (Å²) < 4.78 is 29.3. The molecule has 16 heavy (non-hydrogen) atoms. The number of furan rings is 1. The summed E-state index contributed by atoms with van der Waals surface area (Å²) in [7, 11) is -3.50. The molecule has 0 N–H and O–H groups in total. The minimum Gasteiger partial charge on any atom is -0.450 e. The minimum absolute atomic E-state index is 0.00569. The van der Waals surface area contributed by atoms with Crippen LogP contribution in [0, 0.1) is 13.8 Å². The van der Waals surface area contributed by atoms with E-state index >= 15 is 0 Å². The van der Waals surface area contributed by atoms with E-state index in [1.54, 1.807) is 37.3 Å². The number of hydrogen-bond acceptors (Lipinski definition) is 3. The first-order chi connectivity index (χ1) is 7.50. The lowest BCUT2D eigenvalue weighted by molar-refractivity contribution is 0.428. The molecule has 1 aromatic heterocycles. The normalized spacial score (nSPS) is 11.6. The zero-order valence-electron chi connectivity index (χ0n) is 9.10. The Morgan fingerprint density at radius 1 is 0.938 bits per heavy atom. The van der Waals surface area contributed by atoms with Crippen LogP contribution in [0.4, 0.5) is 0 Å². The molecular weight excluding hydrogens is 224 g/mol. The third kappa shape index (κ3) is 1.88. The van der Waals surface area contributed by atoms with Gasteiger partial charge in [-0.05, 0) is 38.1 Å². The molecule has 0 radical (unpaired) electrons. The Kier molecular flexibility index (Phi) is 2.59. The quantitative estimate of drug-likeness (QED) is 0.805. The molecule has 0 fully saturated rings. The van der Waals surface area contributed by atoms with Crippen molar-refractivity contribution in [1.29, 1.82) is 0 Å². The van der Waals surface area contributed by atoms with Crippen molar-refractivity contribution in [2.75, 3.05) is 0 Å². The zero-order valence-corrected chi connectivity index (χ0v) is 9.91. The van der Waals surface area contributed by atoms with E-state index in [9.17, 15) is 8.42 Å². The second kappa shape index (κ2) is 3.79. The molecule has 0 amide bonds. The fraction of sp³-hybridized carbons (Fsp3) is 0.167. The van der Waals surface area contributed by atoms with E-state index in [2.05, 4.69) is 0 Å². The van der Waals surface area contributed by atoms with Crippen LogP contribution in [0.1, 0.15) is 11.3 Å². The molecule has 0 saturated heterocycles. The molecule has 0 aliphatic carbocycles. The number of aryl methyl sites for hydroxylation is 2. The number of rotatable bonds is 2. The monoisotopic (exact) mass is 236 g/mol. The van der Waals surface area contributed by atoms with Gasteiger partial charge >= 0.3 is 0 Å². The molecule has 0 aliphatic rings. The molecule has 4 heteroatoms. The Morgan fingerprint density at radius 2 is 1.56 bits per heavy atom. The van der Waals surface area contributed by atoms with Crippen LogP contribution in [0.2, 0.25) is 0 Å². The van der Waals surface area contributed by atoms with Crippen molar-refractivity contribution in [2.45, 2.75) is 23.8 Å². The standard InChI is InChI=1S/C12H12O3S/c1-9-3-6-11(7-4-9)16(13,14)12-8-5-10(2)15-12/h3-8H,1-2H3. The molecule has 2 aromatic rings. The van der Waals surface area contributed by atoms with Gasteiger partial charge in [-0.1, -0.05) is 17.7 Å². The average molecular weight is 236 g/mol. The predicted octanol–water partition coefficient (Wildman–Crippen LogP) is 2.73. The van der Waals surface area contributed by atoms with Crippen LogP contribution in [-0.2, 0) is 9.84 Å². The molecule has 1 heterocycles. The lowest BCUT2D eigenvalue weighted by atomic mass is 10.2. The van der Waals surface area contributed by atoms with Gasteiger partial charge in [-0.15, -0.1) is 0 Å². The van der Waals surface area contributed by atoms with Gasteiger partial charge in [0, 0.05) is 0 Å². The van der Waals surface area contributed by atoms with Gasteiger partial charge in [0.1, 0.15) is 5.76 Å². The molecule has 0 unspecified atom stereocenters. The van der Waals surface area contributed by atoms with Crippen LogP contribution >= 0.6 is 0 Å². The molecule has 3 nitrogen and oxygen atoms in total. The van der Waals surface area contributed by atoms with Gasteiger partial charge in [-0.2, -0.15) is 0 Å². The summed E-state index contributed by atoms with van der Waals surface area (Å²) in [6.07, 6.45) is 0. The van der Waals surface area contributed by atoms with Crippen molar-refractivity contribution in [3.05, 3.63) is 47.7 Å². The predicted molar refractivity (Wildman–Crippen MR) is 60.1 cm³/mol. The Bertz CT molecular complexity index is 591. The highest BCUT2D eigenvalue weighted by atomic mass is 32.2. The van der Waals surface area contributed by atoms with Crippen LogP contribution in [0.3, 0.4) is 0 Å². The van der Waals surface area contributed by atoms with E-state index in [1.165, 1.54) is 6.07 Å². The number of benzene rings is 1. The number of sulfone groups is 1. The SMILES string of the molecule is Cc1ccc(S(=O)(=O)c2ccc(C)o2)cc1. The van der Waals surface area contributed by atoms with Gasteiger partial charge in [-0.3, -0.25) is 0 Å². The van der Waals surface area contributed by atoms with E-state index in [-0.39, 0.29) is 9.99 Å². The maximum atomic E-state index is 12.1.